The maximum absolute atomic E-state index is 4.57. The van der Waals surface area contributed by atoms with Crippen molar-refractivity contribution in [3.8, 4) is 11.4 Å². The molecule has 0 radical (unpaired) electrons. The van der Waals surface area contributed by atoms with Gasteiger partial charge in [0.1, 0.15) is 5.82 Å². The number of anilines is 1. The zero-order valence-electron chi connectivity index (χ0n) is 11.1. The van der Waals surface area contributed by atoms with Gasteiger partial charge in [-0.2, -0.15) is 0 Å². The average Bonchev–Trinajstić information content (AvgIpc) is 2.39. The number of aryl methyl sites for hydroxylation is 2. The van der Waals surface area contributed by atoms with E-state index in [9.17, 15) is 0 Å². The molecule has 2 heterocycles. The quantitative estimate of drug-likeness (QED) is 0.895. The van der Waals surface area contributed by atoms with Crippen molar-refractivity contribution in [1.82, 2.24) is 15.0 Å². The van der Waals surface area contributed by atoms with Crippen LogP contribution in [0, 0.1) is 6.92 Å². The lowest BCUT2D eigenvalue weighted by Gasteiger charge is -2.09. The molecule has 2 rings (SSSR count). The Bertz CT molecular complexity index is 537. The summed E-state index contributed by atoms with van der Waals surface area (Å²) in [5.41, 5.74) is 3.17. The molecule has 0 unspecified atom stereocenters. The van der Waals surface area contributed by atoms with Gasteiger partial charge in [-0.25, -0.2) is 9.97 Å². The van der Waals surface area contributed by atoms with Crippen LogP contribution in [0.4, 0.5) is 5.82 Å². The second kappa shape index (κ2) is 5.58. The number of rotatable bonds is 4. The zero-order chi connectivity index (χ0) is 13.0. The molecule has 0 aromatic carbocycles. The predicted molar refractivity (Wildman–Crippen MR) is 73.5 cm³/mol. The summed E-state index contributed by atoms with van der Waals surface area (Å²) in [6.07, 6.45) is 4.50. The number of hydrogen-bond acceptors (Lipinski definition) is 4. The number of nitrogens with zero attached hydrogens (tertiary/aromatic N) is 3. The summed E-state index contributed by atoms with van der Waals surface area (Å²) in [6, 6.07) is 3.98. The highest BCUT2D eigenvalue weighted by molar-refractivity contribution is 5.60. The van der Waals surface area contributed by atoms with Crippen LogP contribution in [-0.2, 0) is 6.42 Å². The van der Waals surface area contributed by atoms with Crippen LogP contribution in [0.3, 0.4) is 0 Å². The summed E-state index contributed by atoms with van der Waals surface area (Å²) in [7, 11) is 0. The van der Waals surface area contributed by atoms with E-state index in [0.717, 1.165) is 41.4 Å². The molecule has 0 aliphatic rings. The topological polar surface area (TPSA) is 50.7 Å². The molecule has 18 heavy (non-hydrogen) atoms. The van der Waals surface area contributed by atoms with Crippen LogP contribution < -0.4 is 5.32 Å². The van der Waals surface area contributed by atoms with E-state index in [1.165, 1.54) is 0 Å². The van der Waals surface area contributed by atoms with Crippen molar-refractivity contribution in [2.45, 2.75) is 27.2 Å². The third-order valence-corrected chi connectivity index (χ3v) is 2.78. The van der Waals surface area contributed by atoms with Crippen molar-refractivity contribution in [2.75, 3.05) is 11.9 Å². The maximum Gasteiger partial charge on any atom is 0.163 e. The molecule has 94 valence electrons. The summed E-state index contributed by atoms with van der Waals surface area (Å²) in [6.45, 7) is 7.05. The summed E-state index contributed by atoms with van der Waals surface area (Å²) >= 11 is 0. The SMILES string of the molecule is CCNc1cc(CC)nc(-c2cnccc2C)n1. The zero-order valence-corrected chi connectivity index (χ0v) is 11.1. The van der Waals surface area contributed by atoms with E-state index in [-0.39, 0.29) is 0 Å². The Hall–Kier alpha value is -1.97. The van der Waals surface area contributed by atoms with Gasteiger partial charge in [0.15, 0.2) is 5.82 Å². The number of pyridine rings is 1. The first-order valence-corrected chi connectivity index (χ1v) is 6.27. The first kappa shape index (κ1) is 12.5. The molecule has 0 saturated carbocycles. The Morgan fingerprint density at radius 2 is 2.06 bits per heavy atom. The molecule has 1 N–H and O–H groups in total. The van der Waals surface area contributed by atoms with Gasteiger partial charge in [0.2, 0.25) is 0 Å². The van der Waals surface area contributed by atoms with Crippen LogP contribution in [-0.4, -0.2) is 21.5 Å². The molecule has 0 saturated heterocycles. The van der Waals surface area contributed by atoms with E-state index in [1.807, 2.05) is 25.3 Å². The Balaban J connectivity index is 2.50. The van der Waals surface area contributed by atoms with Crippen molar-refractivity contribution in [1.29, 1.82) is 0 Å². The van der Waals surface area contributed by atoms with Gasteiger partial charge in [0.25, 0.3) is 0 Å². The second-order valence-corrected chi connectivity index (χ2v) is 4.14. The Morgan fingerprint density at radius 3 is 2.72 bits per heavy atom. The van der Waals surface area contributed by atoms with E-state index >= 15 is 0 Å². The first-order valence-electron chi connectivity index (χ1n) is 6.27. The van der Waals surface area contributed by atoms with Gasteiger partial charge in [0, 0.05) is 36.3 Å². The minimum Gasteiger partial charge on any atom is -0.370 e. The molecule has 2 aromatic rings. The van der Waals surface area contributed by atoms with Gasteiger partial charge in [-0.05, 0) is 31.9 Å². The smallest absolute Gasteiger partial charge is 0.163 e. The Labute approximate surface area is 108 Å². The van der Waals surface area contributed by atoms with Gasteiger partial charge in [-0.15, -0.1) is 0 Å². The highest BCUT2D eigenvalue weighted by atomic mass is 15.0. The molecule has 0 fully saturated rings. The third kappa shape index (κ3) is 2.64. The molecule has 4 heteroatoms. The highest BCUT2D eigenvalue weighted by Crippen LogP contribution is 2.20. The molecule has 0 bridgehead atoms. The summed E-state index contributed by atoms with van der Waals surface area (Å²) in [4.78, 5) is 13.3. The highest BCUT2D eigenvalue weighted by Gasteiger charge is 2.08. The van der Waals surface area contributed by atoms with Crippen LogP contribution >= 0.6 is 0 Å². The Morgan fingerprint density at radius 1 is 1.22 bits per heavy atom. The molecule has 0 aliphatic heterocycles. The number of nitrogens with one attached hydrogen (secondary N) is 1. The predicted octanol–water partition coefficient (Wildman–Crippen LogP) is 2.84. The molecule has 4 nitrogen and oxygen atoms in total. The third-order valence-electron chi connectivity index (χ3n) is 2.78. The van der Waals surface area contributed by atoms with Crippen LogP contribution in [0.15, 0.2) is 24.5 Å². The molecule has 2 aromatic heterocycles. The minimum atomic E-state index is 0.746. The fourth-order valence-corrected chi connectivity index (χ4v) is 1.77. The summed E-state index contributed by atoms with van der Waals surface area (Å²) < 4.78 is 0. The molecule has 0 spiro atoms. The number of aromatic nitrogens is 3. The molecular weight excluding hydrogens is 224 g/mol. The first-order chi connectivity index (χ1) is 8.74. The van der Waals surface area contributed by atoms with Gasteiger partial charge < -0.3 is 5.32 Å². The van der Waals surface area contributed by atoms with E-state index in [4.69, 9.17) is 0 Å². The molecular formula is C14H18N4. The minimum absolute atomic E-state index is 0.746. The van der Waals surface area contributed by atoms with E-state index in [0.29, 0.717) is 0 Å². The lowest BCUT2D eigenvalue weighted by molar-refractivity contribution is 0.995. The Kier molecular flexibility index (Phi) is 3.87. The second-order valence-electron chi connectivity index (χ2n) is 4.14. The van der Waals surface area contributed by atoms with E-state index < -0.39 is 0 Å². The average molecular weight is 242 g/mol. The van der Waals surface area contributed by atoms with Crippen LogP contribution in [0.5, 0.6) is 0 Å². The fraction of sp³-hybridized carbons (Fsp3) is 0.357. The monoisotopic (exact) mass is 242 g/mol. The number of hydrogen-bond donors (Lipinski definition) is 1. The molecule has 0 amide bonds. The van der Waals surface area contributed by atoms with Crippen LogP contribution in [0.25, 0.3) is 11.4 Å². The normalized spacial score (nSPS) is 10.4. The molecule has 0 aliphatic carbocycles. The van der Waals surface area contributed by atoms with Crippen molar-refractivity contribution < 1.29 is 0 Å². The maximum atomic E-state index is 4.57. The molecule has 0 atom stereocenters. The van der Waals surface area contributed by atoms with Crippen molar-refractivity contribution in [3.63, 3.8) is 0 Å². The standard InChI is InChI=1S/C14H18N4/c1-4-11-8-13(16-5-2)18-14(17-11)12-9-15-7-6-10(12)3/h6-9H,4-5H2,1-3H3,(H,16,17,18). The fourth-order valence-electron chi connectivity index (χ4n) is 1.77. The van der Waals surface area contributed by atoms with Gasteiger partial charge in [0.05, 0.1) is 0 Å². The van der Waals surface area contributed by atoms with Crippen LogP contribution in [0.2, 0.25) is 0 Å². The van der Waals surface area contributed by atoms with Crippen LogP contribution in [0.1, 0.15) is 25.1 Å². The van der Waals surface area contributed by atoms with Crippen molar-refractivity contribution >= 4 is 5.82 Å². The van der Waals surface area contributed by atoms with E-state index in [2.05, 4.69) is 34.1 Å². The largest absolute Gasteiger partial charge is 0.370 e. The van der Waals surface area contributed by atoms with Gasteiger partial charge >= 0.3 is 0 Å². The summed E-state index contributed by atoms with van der Waals surface area (Å²) in [5.74, 6) is 1.62. The van der Waals surface area contributed by atoms with Crippen molar-refractivity contribution in [2.24, 2.45) is 0 Å². The van der Waals surface area contributed by atoms with E-state index in [1.54, 1.807) is 6.20 Å². The van der Waals surface area contributed by atoms with Gasteiger partial charge in [-0.3, -0.25) is 4.98 Å². The van der Waals surface area contributed by atoms with Crippen molar-refractivity contribution in [3.05, 3.63) is 35.8 Å². The summed E-state index contributed by atoms with van der Waals surface area (Å²) in [5, 5.41) is 3.24. The van der Waals surface area contributed by atoms with Gasteiger partial charge in [-0.1, -0.05) is 6.92 Å². The lowest BCUT2D eigenvalue weighted by atomic mass is 10.1. The lowest BCUT2D eigenvalue weighted by Crippen LogP contribution is -2.04.